The van der Waals surface area contributed by atoms with Gasteiger partial charge in [-0.25, -0.2) is 9.48 Å². The van der Waals surface area contributed by atoms with Crippen LogP contribution < -0.4 is 0 Å². The summed E-state index contributed by atoms with van der Waals surface area (Å²) in [6, 6.07) is 18.7. The van der Waals surface area contributed by atoms with Crippen LogP contribution in [-0.4, -0.2) is 44.0 Å². The first-order valence-electron chi connectivity index (χ1n) is 11.7. The van der Waals surface area contributed by atoms with Crippen LogP contribution in [0.2, 0.25) is 0 Å². The van der Waals surface area contributed by atoms with Crippen molar-refractivity contribution >= 4 is 17.8 Å². The summed E-state index contributed by atoms with van der Waals surface area (Å²) in [4.78, 5) is 40.6. The van der Waals surface area contributed by atoms with Gasteiger partial charge in [-0.1, -0.05) is 60.2 Å². The van der Waals surface area contributed by atoms with E-state index in [1.807, 2.05) is 66.9 Å². The molecule has 7 heteroatoms. The van der Waals surface area contributed by atoms with Crippen molar-refractivity contribution in [3.63, 3.8) is 0 Å². The van der Waals surface area contributed by atoms with Gasteiger partial charge in [0.1, 0.15) is 0 Å². The molecule has 2 aromatic carbocycles. The van der Waals surface area contributed by atoms with Crippen LogP contribution in [0.5, 0.6) is 0 Å². The van der Waals surface area contributed by atoms with Crippen LogP contribution >= 0.6 is 0 Å². The lowest BCUT2D eigenvalue weighted by Gasteiger charge is -2.17. The van der Waals surface area contributed by atoms with Crippen molar-refractivity contribution in [3.8, 4) is 16.9 Å². The molecule has 34 heavy (non-hydrogen) atoms. The van der Waals surface area contributed by atoms with Gasteiger partial charge in [0, 0.05) is 23.9 Å². The van der Waals surface area contributed by atoms with Crippen LogP contribution in [0.4, 0.5) is 4.79 Å². The molecule has 7 nitrogen and oxygen atoms in total. The number of hydrogen-bond donors (Lipinski definition) is 0. The number of nitrogens with zero attached hydrogens (tertiary/aromatic N) is 4. The fourth-order valence-corrected chi connectivity index (χ4v) is 4.52. The Balaban J connectivity index is 1.41. The van der Waals surface area contributed by atoms with Crippen molar-refractivity contribution in [1.82, 2.24) is 19.6 Å². The zero-order chi connectivity index (χ0) is 23.5. The van der Waals surface area contributed by atoms with Crippen LogP contribution in [0.25, 0.3) is 16.9 Å². The SMILES string of the molecule is O=C1C(=O)N(Cc2cn(-c3ccccc3)nc2-c2ccccc2)C(=O)N1CCC1=CCCCC1. The molecule has 0 spiro atoms. The second-order valence-corrected chi connectivity index (χ2v) is 8.64. The lowest BCUT2D eigenvalue weighted by Crippen LogP contribution is -2.34. The average Bonchev–Trinajstić information content (AvgIpc) is 3.40. The highest BCUT2D eigenvalue weighted by molar-refractivity contribution is 6.44. The second-order valence-electron chi connectivity index (χ2n) is 8.64. The molecule has 0 atom stereocenters. The lowest BCUT2D eigenvalue weighted by molar-refractivity contribution is -0.143. The minimum atomic E-state index is -0.783. The number of aromatic nitrogens is 2. The Hall–Kier alpha value is -4.00. The molecule has 2 heterocycles. The maximum atomic E-state index is 13.1. The van der Waals surface area contributed by atoms with Gasteiger partial charge in [0.05, 0.1) is 17.9 Å². The number of rotatable bonds is 7. The number of allylic oxidation sites excluding steroid dienone is 1. The first kappa shape index (κ1) is 21.8. The average molecular weight is 455 g/mol. The number of amides is 4. The predicted molar refractivity (Wildman–Crippen MR) is 128 cm³/mol. The van der Waals surface area contributed by atoms with Gasteiger partial charge in [0.15, 0.2) is 0 Å². The Kier molecular flexibility index (Phi) is 6.08. The fraction of sp³-hybridized carbons (Fsp3) is 0.259. The molecule has 1 aromatic heterocycles. The van der Waals surface area contributed by atoms with E-state index >= 15 is 0 Å². The Bertz CT molecular complexity index is 1250. The Morgan fingerprint density at radius 1 is 0.824 bits per heavy atom. The molecule has 0 bridgehead atoms. The van der Waals surface area contributed by atoms with Gasteiger partial charge in [-0.2, -0.15) is 5.10 Å². The fourth-order valence-electron chi connectivity index (χ4n) is 4.52. The maximum absolute atomic E-state index is 13.1. The van der Waals surface area contributed by atoms with E-state index in [9.17, 15) is 14.4 Å². The number of para-hydroxylation sites is 1. The normalized spacial score (nSPS) is 16.4. The molecular weight excluding hydrogens is 428 g/mol. The molecule has 4 amide bonds. The number of urea groups is 1. The molecule has 0 saturated carbocycles. The number of carbonyl (C=O) groups is 3. The van der Waals surface area contributed by atoms with Crippen molar-refractivity contribution in [2.75, 3.05) is 6.54 Å². The number of benzene rings is 2. The van der Waals surface area contributed by atoms with Crippen molar-refractivity contribution in [1.29, 1.82) is 0 Å². The van der Waals surface area contributed by atoms with E-state index < -0.39 is 17.8 Å². The number of hydrogen-bond acceptors (Lipinski definition) is 4. The molecule has 0 N–H and O–H groups in total. The number of carbonyl (C=O) groups excluding carboxylic acids is 3. The summed E-state index contributed by atoms with van der Waals surface area (Å²) in [7, 11) is 0. The third-order valence-electron chi connectivity index (χ3n) is 6.36. The van der Waals surface area contributed by atoms with Gasteiger partial charge in [-0.05, 0) is 44.2 Å². The van der Waals surface area contributed by atoms with Crippen LogP contribution in [0.1, 0.15) is 37.7 Å². The molecule has 1 aliphatic carbocycles. The van der Waals surface area contributed by atoms with Crippen LogP contribution in [-0.2, 0) is 16.1 Å². The first-order chi connectivity index (χ1) is 16.6. The summed E-state index contributed by atoms with van der Waals surface area (Å²) >= 11 is 0. The third-order valence-corrected chi connectivity index (χ3v) is 6.36. The van der Waals surface area contributed by atoms with Crippen LogP contribution in [0.15, 0.2) is 78.5 Å². The van der Waals surface area contributed by atoms with Crippen molar-refractivity contribution in [3.05, 3.63) is 84.1 Å². The van der Waals surface area contributed by atoms with Crippen molar-refractivity contribution in [2.24, 2.45) is 0 Å². The Morgan fingerprint density at radius 2 is 1.53 bits per heavy atom. The topological polar surface area (TPSA) is 75.5 Å². The molecule has 1 fully saturated rings. The Morgan fingerprint density at radius 3 is 2.24 bits per heavy atom. The van der Waals surface area contributed by atoms with Gasteiger partial charge in [-0.15, -0.1) is 0 Å². The van der Waals surface area contributed by atoms with E-state index in [0.717, 1.165) is 40.3 Å². The van der Waals surface area contributed by atoms with E-state index in [2.05, 4.69) is 6.08 Å². The number of imide groups is 2. The highest BCUT2D eigenvalue weighted by Crippen LogP contribution is 2.27. The molecule has 1 aliphatic heterocycles. The zero-order valence-electron chi connectivity index (χ0n) is 18.9. The van der Waals surface area contributed by atoms with E-state index in [1.165, 1.54) is 12.0 Å². The molecule has 1 saturated heterocycles. The van der Waals surface area contributed by atoms with E-state index in [4.69, 9.17) is 5.10 Å². The molecule has 2 aliphatic rings. The third kappa shape index (κ3) is 4.29. The minimum absolute atomic E-state index is 0.0142. The smallest absolute Gasteiger partial charge is 0.263 e. The van der Waals surface area contributed by atoms with Gasteiger partial charge >= 0.3 is 17.8 Å². The van der Waals surface area contributed by atoms with Crippen molar-refractivity contribution < 1.29 is 14.4 Å². The molecule has 0 unspecified atom stereocenters. The van der Waals surface area contributed by atoms with Gasteiger partial charge in [0.25, 0.3) is 0 Å². The largest absolute Gasteiger partial charge is 0.334 e. The quantitative estimate of drug-likeness (QED) is 0.294. The maximum Gasteiger partial charge on any atom is 0.334 e. The Labute approximate surface area is 198 Å². The first-order valence-corrected chi connectivity index (χ1v) is 11.7. The molecule has 0 radical (unpaired) electrons. The highest BCUT2D eigenvalue weighted by Gasteiger charge is 2.44. The highest BCUT2D eigenvalue weighted by atomic mass is 16.2. The summed E-state index contributed by atoms with van der Waals surface area (Å²) in [5.74, 6) is -1.53. The van der Waals surface area contributed by atoms with E-state index in [1.54, 1.807) is 4.68 Å². The van der Waals surface area contributed by atoms with Gasteiger partial charge < -0.3 is 0 Å². The predicted octanol–water partition coefficient (Wildman–Crippen LogP) is 4.72. The zero-order valence-corrected chi connectivity index (χ0v) is 18.9. The second kappa shape index (κ2) is 9.47. The molecular formula is C27H26N4O3. The lowest BCUT2D eigenvalue weighted by atomic mass is 9.97. The van der Waals surface area contributed by atoms with Gasteiger partial charge in [-0.3, -0.25) is 19.4 Å². The molecule has 3 aromatic rings. The molecule has 5 rings (SSSR count). The summed E-state index contributed by atoms with van der Waals surface area (Å²) in [5.41, 5.74) is 4.36. The molecule has 172 valence electrons. The van der Waals surface area contributed by atoms with Gasteiger partial charge in [0.2, 0.25) is 0 Å². The monoisotopic (exact) mass is 454 g/mol. The summed E-state index contributed by atoms with van der Waals surface area (Å²) in [5, 5.41) is 4.74. The van der Waals surface area contributed by atoms with E-state index in [-0.39, 0.29) is 13.1 Å². The van der Waals surface area contributed by atoms with Crippen LogP contribution in [0.3, 0.4) is 0 Å². The van der Waals surface area contributed by atoms with Crippen LogP contribution in [0, 0.1) is 0 Å². The standard InChI is InChI=1S/C27H26N4O3/c32-25-26(33)30(27(34)29(25)17-16-20-10-4-1-5-11-20)18-22-19-31(23-14-8-3-9-15-23)28-24(22)21-12-6-2-7-13-21/h2-3,6-10,12-15,19H,1,4-5,11,16-18H2. The van der Waals surface area contributed by atoms with Crippen molar-refractivity contribution in [2.45, 2.75) is 38.6 Å². The summed E-state index contributed by atoms with van der Waals surface area (Å²) in [6.45, 7) is 0.222. The minimum Gasteiger partial charge on any atom is -0.263 e. The van der Waals surface area contributed by atoms with E-state index in [0.29, 0.717) is 17.7 Å². The summed E-state index contributed by atoms with van der Waals surface area (Å²) < 4.78 is 1.73. The summed E-state index contributed by atoms with van der Waals surface area (Å²) in [6.07, 6.45) is 8.98.